The number of aryl methyl sites for hydroxylation is 4. The number of methoxy groups -OCH3 is 1. The number of ether oxygens (including phenoxy) is 3. The van der Waals surface area contributed by atoms with E-state index in [1.807, 2.05) is 111 Å². The predicted molar refractivity (Wildman–Crippen MR) is 417 cm³/mol. The lowest BCUT2D eigenvalue weighted by molar-refractivity contribution is -0.385. The number of nitro groups is 2. The smallest absolute Gasteiger partial charge is 0.337 e. The number of phenols is 2. The maximum absolute atomic E-state index is 13.1. The number of carbonyl (C=O) groups excluding carboxylic acids is 5. The fourth-order valence-electron chi connectivity index (χ4n) is 11.5. The van der Waals surface area contributed by atoms with Crippen LogP contribution in [0.4, 0.5) is 17.1 Å². The minimum Gasteiger partial charge on any atom is -0.543 e. The van der Waals surface area contributed by atoms with E-state index < -0.39 is 65.3 Å². The molecule has 0 aromatic heterocycles. The number of phenolic OH excluding ortho intramolecular Hbond substituents is 2. The highest BCUT2D eigenvalue weighted by Gasteiger charge is 2.47. The molecule has 0 aliphatic rings. The Morgan fingerprint density at radius 2 is 0.868 bits per heavy atom. The van der Waals surface area contributed by atoms with Gasteiger partial charge in [-0.2, -0.15) is 0 Å². The summed E-state index contributed by atoms with van der Waals surface area (Å²) >= 11 is 0. The number of benzene rings is 8. The molecule has 6 N–H and O–H groups in total. The first-order chi connectivity index (χ1) is 50.1. The third-order valence-corrected chi connectivity index (χ3v) is 22.6. The average molecular weight is 1460 g/mol. The van der Waals surface area contributed by atoms with E-state index in [9.17, 15) is 54.4 Å². The molecule has 0 saturated carbocycles. The lowest BCUT2D eigenvalue weighted by Gasteiger charge is -2.42. The first kappa shape index (κ1) is 85.1. The molecule has 2 atom stereocenters. The average Bonchev–Trinajstić information content (AvgIpc) is 0.806. The maximum atomic E-state index is 13.1. The number of amides is 2. The highest BCUT2D eigenvalue weighted by atomic mass is 28.4. The van der Waals surface area contributed by atoms with E-state index in [4.69, 9.17) is 19.6 Å². The summed E-state index contributed by atoms with van der Waals surface area (Å²) in [4.78, 5) is 85.5. The number of nitrogen functional groups attached to an aromatic ring is 1. The lowest BCUT2D eigenvalue weighted by Crippen LogP contribution is -2.50. The molecule has 0 fully saturated rings. The Morgan fingerprint density at radius 1 is 0.491 bits per heavy atom. The number of esters is 3. The fourth-order valence-corrected chi connectivity index (χ4v) is 16.8. The van der Waals surface area contributed by atoms with Crippen molar-refractivity contribution in [3.63, 3.8) is 0 Å². The maximum Gasteiger partial charge on any atom is 0.337 e. The molecule has 20 nitrogen and oxygen atoms in total. The van der Waals surface area contributed by atoms with Crippen LogP contribution in [0.1, 0.15) is 185 Å². The zero-order valence-corrected chi connectivity index (χ0v) is 64.2. The topological polar surface area (TPSA) is 299 Å². The highest BCUT2D eigenvalue weighted by molar-refractivity contribution is 6.78. The first-order valence-electron chi connectivity index (χ1n) is 35.2. The number of anilines is 1. The van der Waals surface area contributed by atoms with Crippen molar-refractivity contribution in [3.05, 3.63) is 269 Å². The van der Waals surface area contributed by atoms with Crippen LogP contribution >= 0.6 is 0 Å². The van der Waals surface area contributed by atoms with Crippen LogP contribution < -0.4 is 20.8 Å². The Morgan fingerprint density at radius 3 is 1.27 bits per heavy atom. The normalized spacial score (nSPS) is 11.5. The summed E-state index contributed by atoms with van der Waals surface area (Å²) in [6.07, 6.45) is 3.26. The molecular formula is C85H99N5O15Si. The number of nitrogens with two attached hydrogens (primary N) is 1. The monoisotopic (exact) mass is 1460 g/mol. The molecule has 558 valence electrons. The van der Waals surface area contributed by atoms with Gasteiger partial charge in [0.1, 0.15) is 51.7 Å². The molecular weight excluding hydrogens is 1360 g/mol. The van der Waals surface area contributed by atoms with Crippen LogP contribution in [0.25, 0.3) is 0 Å². The van der Waals surface area contributed by atoms with Gasteiger partial charge in [-0.05, 0) is 222 Å². The Kier molecular flexibility index (Phi) is 32.5. The van der Waals surface area contributed by atoms with E-state index in [-0.39, 0.29) is 51.0 Å². The van der Waals surface area contributed by atoms with Gasteiger partial charge in [0.25, 0.3) is 31.5 Å². The number of rotatable bonds is 23. The molecule has 0 radical (unpaired) electrons. The lowest BCUT2D eigenvalue weighted by atomic mass is 10.00. The molecule has 0 aliphatic carbocycles. The van der Waals surface area contributed by atoms with Gasteiger partial charge in [0, 0.05) is 40.1 Å². The van der Waals surface area contributed by atoms with Crippen molar-refractivity contribution in [1.82, 2.24) is 10.6 Å². The number of nitro benzene ring substituents is 2. The van der Waals surface area contributed by atoms with Gasteiger partial charge in [0.2, 0.25) is 0 Å². The SMILES string of the molecule is CC.CC(C)(C)OC(=O)[C@H](CCc1ccccc1)NC(=O)c1ccc(N)c(CCc2ccc(O)cc2)c1.CC(C)(C)OC(=O)[C@H](CCc1ccccc1)NC(=O)c1ccc([N+](=O)[O-])c(C#Cc2ccc(O)cc2)c1.COC(=O)c1ccc([N+](=O)[O-])c(C#Cc2ccc(O[Si](C(C)C)(C(C)C)C(C)C)cc2)c1. The molecule has 0 aliphatic heterocycles. The van der Waals surface area contributed by atoms with Crippen molar-refractivity contribution in [2.75, 3.05) is 12.8 Å². The van der Waals surface area contributed by atoms with Crippen molar-refractivity contribution in [1.29, 1.82) is 0 Å². The second-order valence-electron chi connectivity index (χ2n) is 27.7. The molecule has 0 saturated heterocycles. The molecule has 8 rings (SSSR count). The van der Waals surface area contributed by atoms with Gasteiger partial charge in [-0.15, -0.1) is 0 Å². The number of nitrogens with zero attached hydrogens (tertiary/aromatic N) is 2. The second kappa shape index (κ2) is 40.5. The van der Waals surface area contributed by atoms with Crippen LogP contribution in [0, 0.1) is 43.9 Å². The Balaban J connectivity index is 0.000000283. The minimum atomic E-state index is -2.05. The van der Waals surface area contributed by atoms with Gasteiger partial charge in [0.15, 0.2) is 0 Å². The summed E-state index contributed by atoms with van der Waals surface area (Å²) in [5.74, 6) is 9.90. The number of carbonyl (C=O) groups is 5. The van der Waals surface area contributed by atoms with Crippen LogP contribution in [0.5, 0.6) is 17.2 Å². The quantitative estimate of drug-likeness (QED) is 0.00756. The Bertz CT molecular complexity index is 4370. The van der Waals surface area contributed by atoms with Crippen molar-refractivity contribution in [2.24, 2.45) is 0 Å². The predicted octanol–water partition coefficient (Wildman–Crippen LogP) is 17.0. The van der Waals surface area contributed by atoms with Gasteiger partial charge >= 0.3 is 17.9 Å². The van der Waals surface area contributed by atoms with Gasteiger partial charge < -0.3 is 45.2 Å². The van der Waals surface area contributed by atoms with Gasteiger partial charge in [-0.1, -0.05) is 152 Å². The van der Waals surface area contributed by atoms with Gasteiger partial charge in [-0.3, -0.25) is 29.8 Å². The second-order valence-corrected chi connectivity index (χ2v) is 33.1. The molecule has 0 bridgehead atoms. The summed E-state index contributed by atoms with van der Waals surface area (Å²) in [6.45, 7) is 28.1. The Hall–Kier alpha value is -11.6. The van der Waals surface area contributed by atoms with E-state index in [2.05, 4.69) is 80.6 Å². The van der Waals surface area contributed by atoms with Crippen molar-refractivity contribution in [2.45, 2.75) is 175 Å². The molecule has 0 heterocycles. The van der Waals surface area contributed by atoms with E-state index >= 15 is 0 Å². The first-order valence-corrected chi connectivity index (χ1v) is 37.4. The van der Waals surface area contributed by atoms with E-state index in [1.165, 1.54) is 55.6 Å². The molecule has 0 unspecified atom stereocenters. The minimum absolute atomic E-state index is 0.0452. The molecule has 8 aromatic carbocycles. The third-order valence-electron chi connectivity index (χ3n) is 16.6. The summed E-state index contributed by atoms with van der Waals surface area (Å²) in [5, 5.41) is 47.3. The molecule has 21 heteroatoms. The van der Waals surface area contributed by atoms with Crippen LogP contribution in [0.15, 0.2) is 188 Å². The van der Waals surface area contributed by atoms with E-state index in [1.54, 1.807) is 84.0 Å². The largest absolute Gasteiger partial charge is 0.543 e. The Labute approximate surface area is 623 Å². The zero-order valence-electron chi connectivity index (χ0n) is 63.2. The fraction of sp³-hybridized carbons (Fsp3) is 0.329. The molecule has 8 aromatic rings. The number of hydrogen-bond acceptors (Lipinski definition) is 16. The van der Waals surface area contributed by atoms with Gasteiger partial charge in [-0.25, -0.2) is 14.4 Å². The van der Waals surface area contributed by atoms with Crippen LogP contribution in [0.2, 0.25) is 16.6 Å². The summed E-state index contributed by atoms with van der Waals surface area (Å²) in [6, 6.07) is 51.3. The van der Waals surface area contributed by atoms with Crippen LogP contribution in [0.3, 0.4) is 0 Å². The van der Waals surface area contributed by atoms with E-state index in [0.29, 0.717) is 77.5 Å². The summed E-state index contributed by atoms with van der Waals surface area (Å²) < 4.78 is 22.4. The van der Waals surface area contributed by atoms with Gasteiger partial charge in [0.05, 0.1) is 22.5 Å². The number of nitrogens with one attached hydrogen (secondary N) is 2. The van der Waals surface area contributed by atoms with Crippen LogP contribution in [-0.4, -0.2) is 88.5 Å². The van der Waals surface area contributed by atoms with Crippen molar-refractivity contribution in [3.8, 4) is 40.9 Å². The summed E-state index contributed by atoms with van der Waals surface area (Å²) in [5.41, 5.74) is 12.5. The van der Waals surface area contributed by atoms with Crippen LogP contribution in [-0.2, 0) is 49.5 Å². The number of hydrogen-bond donors (Lipinski definition) is 5. The molecule has 2 amide bonds. The highest BCUT2D eigenvalue weighted by Crippen LogP contribution is 2.43. The number of aromatic hydroxyl groups is 2. The zero-order chi connectivity index (χ0) is 78.5. The van der Waals surface area contributed by atoms with E-state index in [0.717, 1.165) is 28.0 Å². The third kappa shape index (κ3) is 26.9. The molecule has 0 spiro atoms. The van der Waals surface area contributed by atoms with Crippen molar-refractivity contribution < 1.29 is 62.7 Å². The molecule has 106 heavy (non-hydrogen) atoms. The standard InChI is InChI=1S/C29H28N2O6.C29H34N2O4.C25H31NO5Si.C2H6/c1-29(2,3)37-28(34)25(17-12-20-7-5-4-6-8-20)30-27(33)23-14-18-26(31(35)36)22(19-23)13-9-21-10-15-24(32)16-11-21;1-29(2,3)35-28(34)26(18-12-20-7-5-4-6-8-20)31-27(33)23-14-17-25(30)22(19-23)13-9-21-10-15-24(32)16-11-21;1-17(2)32(18(3)4,19(5)6)31-23-13-9-20(10-14-23)8-11-21-16-22(25(27)30-7)12-15-24(21)26(28)29;1-2/h4-8,10-11,14-16,18-19,25,32H,12,17H2,1-3H3,(H,30,33);4-8,10-11,14-17,19,26,32H,9,12-13,18,30H2,1-3H3,(H,31,33);9-10,12-19H,1-7H3;1-2H3/t25-;26-;;/m00../s1. The van der Waals surface area contributed by atoms with Crippen molar-refractivity contribution >= 4 is 55.1 Å². The summed E-state index contributed by atoms with van der Waals surface area (Å²) in [7, 11) is -0.795.